The van der Waals surface area contributed by atoms with Crippen molar-refractivity contribution in [2.45, 2.75) is 75.6 Å². The molecule has 0 spiro atoms. The Morgan fingerprint density at radius 3 is 2.26 bits per heavy atom. The van der Waals surface area contributed by atoms with Gasteiger partial charge in [-0.05, 0) is 30.7 Å². The molecule has 2 heterocycles. The van der Waals surface area contributed by atoms with Crippen LogP contribution < -0.4 is 10.1 Å². The number of aryl methyl sites for hydroxylation is 1. The van der Waals surface area contributed by atoms with Crippen LogP contribution in [0, 0.1) is 0 Å². The molecule has 1 aromatic heterocycles. The maximum Gasteiger partial charge on any atom is 0.303 e. The molecule has 1 saturated heterocycles. The van der Waals surface area contributed by atoms with E-state index in [0.717, 1.165) is 16.8 Å². The highest BCUT2D eigenvalue weighted by molar-refractivity contribution is 7.99. The smallest absolute Gasteiger partial charge is 0.303 e. The minimum Gasteiger partial charge on any atom is -0.494 e. The van der Waals surface area contributed by atoms with Gasteiger partial charge in [-0.3, -0.25) is 19.2 Å². The molecule has 13 heteroatoms. The molecule has 1 N–H and O–H groups in total. The maximum absolute atomic E-state index is 12.3. The molecule has 1 amide bonds. The summed E-state index contributed by atoms with van der Waals surface area (Å²) >= 11 is 1.21. The Labute approximate surface area is 253 Å². The quantitative estimate of drug-likeness (QED) is 0.183. The summed E-state index contributed by atoms with van der Waals surface area (Å²) in [5.41, 5.74) is 0.769. The number of hydrogen-bond donors (Lipinski definition) is 1. The molecule has 5 atom stereocenters. The first-order chi connectivity index (χ1) is 20.6. The number of imidazole rings is 1. The number of carbonyl (C=O) groups excluding carboxylic acids is 4. The number of esters is 3. The minimum atomic E-state index is -1.16. The predicted molar refractivity (Wildman–Crippen MR) is 156 cm³/mol. The standard InChI is InChI=1S/C30H35N3O9S/c1-18(34)31-26-28(41-21(4)37)27(40-20(3)36)25(17-39-19(2)35)42-29(26)43-30-32-23-13-8-9-14-24(23)33(30)15-10-16-38-22-11-6-5-7-12-22/h5-9,11-14,25-29H,10,15-17H2,1-4H3,(H,31,34). The summed E-state index contributed by atoms with van der Waals surface area (Å²) in [5, 5.41) is 3.39. The molecule has 4 rings (SSSR count). The van der Waals surface area contributed by atoms with Crippen LogP contribution in [0.1, 0.15) is 34.1 Å². The fourth-order valence-corrected chi connectivity index (χ4v) is 6.03. The fourth-order valence-electron chi connectivity index (χ4n) is 4.78. The number of nitrogens with one attached hydrogen (secondary N) is 1. The fraction of sp³-hybridized carbons (Fsp3) is 0.433. The number of para-hydroxylation sites is 3. The number of thioether (sulfide) groups is 1. The van der Waals surface area contributed by atoms with E-state index in [0.29, 0.717) is 24.7 Å². The van der Waals surface area contributed by atoms with E-state index in [9.17, 15) is 19.2 Å². The van der Waals surface area contributed by atoms with E-state index in [4.69, 9.17) is 28.7 Å². The van der Waals surface area contributed by atoms with Crippen LogP contribution >= 0.6 is 11.8 Å². The largest absolute Gasteiger partial charge is 0.494 e. The van der Waals surface area contributed by atoms with Crippen molar-refractivity contribution in [3.8, 4) is 5.75 Å². The Kier molecular flexibility index (Phi) is 11.0. The van der Waals surface area contributed by atoms with Gasteiger partial charge < -0.3 is 33.6 Å². The molecular formula is C30H35N3O9S. The second-order valence-corrected chi connectivity index (χ2v) is 11.0. The topological polar surface area (TPSA) is 144 Å². The molecule has 0 bridgehead atoms. The maximum atomic E-state index is 12.3. The second-order valence-electron chi connectivity index (χ2n) is 9.89. The van der Waals surface area contributed by atoms with E-state index in [1.54, 1.807) is 0 Å². The molecule has 0 aliphatic carbocycles. The average molecular weight is 614 g/mol. The second kappa shape index (κ2) is 14.9. The number of amides is 1. The highest BCUT2D eigenvalue weighted by Crippen LogP contribution is 2.37. The van der Waals surface area contributed by atoms with Gasteiger partial charge >= 0.3 is 17.9 Å². The lowest BCUT2D eigenvalue weighted by Gasteiger charge is -2.44. The van der Waals surface area contributed by atoms with Gasteiger partial charge in [0.25, 0.3) is 0 Å². The molecule has 12 nitrogen and oxygen atoms in total. The summed E-state index contributed by atoms with van der Waals surface area (Å²) in [7, 11) is 0. The number of rotatable bonds is 12. The number of ether oxygens (including phenoxy) is 5. The van der Waals surface area contributed by atoms with Crippen molar-refractivity contribution in [1.82, 2.24) is 14.9 Å². The van der Waals surface area contributed by atoms with E-state index in [1.807, 2.05) is 59.2 Å². The Morgan fingerprint density at radius 1 is 0.907 bits per heavy atom. The van der Waals surface area contributed by atoms with E-state index in [1.165, 1.54) is 39.5 Å². The zero-order valence-electron chi connectivity index (χ0n) is 24.4. The highest BCUT2D eigenvalue weighted by atomic mass is 32.2. The molecule has 0 saturated carbocycles. The molecular weight excluding hydrogens is 578 g/mol. The lowest BCUT2D eigenvalue weighted by atomic mass is 9.97. The first-order valence-electron chi connectivity index (χ1n) is 13.8. The normalized spacial score (nSPS) is 21.5. The van der Waals surface area contributed by atoms with Crippen molar-refractivity contribution in [3.63, 3.8) is 0 Å². The van der Waals surface area contributed by atoms with Crippen molar-refractivity contribution in [2.24, 2.45) is 0 Å². The van der Waals surface area contributed by atoms with Crippen LogP contribution in [-0.2, 0) is 44.7 Å². The zero-order chi connectivity index (χ0) is 30.9. The number of carbonyl (C=O) groups is 4. The van der Waals surface area contributed by atoms with Gasteiger partial charge in [-0.15, -0.1) is 0 Å². The van der Waals surface area contributed by atoms with Crippen LogP contribution in [-0.4, -0.2) is 76.4 Å². The molecule has 43 heavy (non-hydrogen) atoms. The third-order valence-electron chi connectivity index (χ3n) is 6.45. The highest BCUT2D eigenvalue weighted by Gasteiger charge is 2.51. The predicted octanol–water partition coefficient (Wildman–Crippen LogP) is 3.25. The minimum absolute atomic E-state index is 0.276. The van der Waals surface area contributed by atoms with Gasteiger partial charge in [-0.25, -0.2) is 4.98 Å². The summed E-state index contributed by atoms with van der Waals surface area (Å²) in [4.78, 5) is 53.1. The van der Waals surface area contributed by atoms with Gasteiger partial charge in [0.2, 0.25) is 5.91 Å². The lowest BCUT2D eigenvalue weighted by Crippen LogP contribution is -2.65. The molecule has 5 unspecified atom stereocenters. The van der Waals surface area contributed by atoms with E-state index < -0.39 is 53.6 Å². The van der Waals surface area contributed by atoms with Crippen LogP contribution in [0.2, 0.25) is 0 Å². The molecule has 2 aromatic carbocycles. The average Bonchev–Trinajstić information content (AvgIpc) is 3.30. The van der Waals surface area contributed by atoms with Crippen molar-refractivity contribution < 1.29 is 42.9 Å². The molecule has 0 radical (unpaired) electrons. The molecule has 1 aliphatic rings. The lowest BCUT2D eigenvalue weighted by molar-refractivity contribution is -0.211. The molecule has 1 fully saturated rings. The number of aromatic nitrogens is 2. The van der Waals surface area contributed by atoms with E-state index in [2.05, 4.69) is 5.32 Å². The Morgan fingerprint density at radius 2 is 1.58 bits per heavy atom. The summed E-state index contributed by atoms with van der Waals surface area (Å²) in [6.45, 7) is 5.73. The summed E-state index contributed by atoms with van der Waals surface area (Å²) < 4.78 is 30.6. The number of hydrogen-bond acceptors (Lipinski definition) is 11. The summed E-state index contributed by atoms with van der Waals surface area (Å²) in [6, 6.07) is 16.2. The Bertz CT molecular complexity index is 1430. The van der Waals surface area contributed by atoms with Crippen molar-refractivity contribution in [3.05, 3.63) is 54.6 Å². The molecule has 3 aromatic rings. The summed E-state index contributed by atoms with van der Waals surface area (Å²) in [6.07, 6.45) is -2.64. The Hall–Kier alpha value is -4.10. The van der Waals surface area contributed by atoms with Gasteiger partial charge in [0, 0.05) is 34.2 Å². The van der Waals surface area contributed by atoms with Gasteiger partial charge in [0.1, 0.15) is 29.9 Å². The SMILES string of the molecule is CC(=O)NC1C(Sc2nc3ccccc3n2CCCOc2ccccc2)OC(COC(C)=O)C(OC(C)=O)C1OC(C)=O. The van der Waals surface area contributed by atoms with E-state index in [-0.39, 0.29) is 6.61 Å². The zero-order valence-corrected chi connectivity index (χ0v) is 25.2. The van der Waals surface area contributed by atoms with Crippen LogP contribution in [0.5, 0.6) is 5.75 Å². The van der Waals surface area contributed by atoms with Crippen molar-refractivity contribution in [1.29, 1.82) is 0 Å². The van der Waals surface area contributed by atoms with Crippen molar-refractivity contribution in [2.75, 3.05) is 13.2 Å². The molecule has 230 valence electrons. The number of nitrogens with zero attached hydrogens (tertiary/aromatic N) is 2. The summed E-state index contributed by atoms with van der Waals surface area (Å²) in [5.74, 6) is -1.52. The monoisotopic (exact) mass is 613 g/mol. The van der Waals surface area contributed by atoms with Crippen LogP contribution in [0.15, 0.2) is 59.8 Å². The van der Waals surface area contributed by atoms with Crippen molar-refractivity contribution >= 4 is 46.6 Å². The van der Waals surface area contributed by atoms with Crippen LogP contribution in [0.4, 0.5) is 0 Å². The third-order valence-corrected chi connectivity index (χ3v) is 7.61. The molecule has 1 aliphatic heterocycles. The van der Waals surface area contributed by atoms with Crippen LogP contribution in [0.25, 0.3) is 11.0 Å². The van der Waals surface area contributed by atoms with Gasteiger partial charge in [-0.2, -0.15) is 0 Å². The number of fused-ring (bicyclic) bond motifs is 1. The van der Waals surface area contributed by atoms with E-state index >= 15 is 0 Å². The van der Waals surface area contributed by atoms with Crippen LogP contribution in [0.3, 0.4) is 0 Å². The Balaban J connectivity index is 1.65. The van der Waals surface area contributed by atoms with Gasteiger partial charge in [0.05, 0.1) is 17.6 Å². The van der Waals surface area contributed by atoms with Gasteiger partial charge in [0.15, 0.2) is 17.4 Å². The first kappa shape index (κ1) is 31.8. The number of benzene rings is 2. The van der Waals surface area contributed by atoms with Gasteiger partial charge in [-0.1, -0.05) is 42.1 Å². The third kappa shape index (κ3) is 8.71. The first-order valence-corrected chi connectivity index (χ1v) is 14.7.